The Morgan fingerprint density at radius 1 is 1.20 bits per heavy atom. The number of terminal acetylenes is 1. The molecule has 1 amide bonds. The van der Waals surface area contributed by atoms with Crippen molar-refractivity contribution in [1.29, 1.82) is 0 Å². The number of carboxylic acid groups (broad SMARTS) is 1. The highest BCUT2D eigenvalue weighted by atomic mass is 32.2. The first kappa shape index (κ1) is 51.2. The van der Waals surface area contributed by atoms with Crippen LogP contribution in [0.3, 0.4) is 0 Å². The number of aromatic nitrogens is 2. The van der Waals surface area contributed by atoms with Crippen LogP contribution in [0.1, 0.15) is 57.5 Å². The number of benzene rings is 2. The first-order chi connectivity index (χ1) is 27.9. The monoisotopic (exact) mass is 898 g/mol. The Morgan fingerprint density at radius 2 is 1.82 bits per heavy atom. The molecule has 5 rings (SSSR count). The maximum Gasteiger partial charge on any atom is 0.317 e. The third kappa shape index (κ3) is 15.3. The van der Waals surface area contributed by atoms with Gasteiger partial charge in [-0.1, -0.05) is 33.6 Å². The van der Waals surface area contributed by atoms with E-state index in [1.54, 1.807) is 13.8 Å². The third-order valence-corrected chi connectivity index (χ3v) is 9.93. The number of nitro benzene ring substituents is 2. The molecule has 2 aromatic carbocycles. The Labute approximate surface area is 354 Å². The van der Waals surface area contributed by atoms with Crippen LogP contribution in [0.5, 0.6) is 5.75 Å². The smallest absolute Gasteiger partial charge is 0.317 e. The Balaban J connectivity index is 0.000000323. The standard InChI is InChI=1S/C18H17FN4O2S.C13H19N3O4.C3H8NO5P.C3H9S/c1-4-5-22-13-7-12(11(19)6-14(13)25-9-16(22)24)20-17-23-10-18(2,3)8-15(23)21-26-17;1-5-10(6-2)14-12-11(15(17)18)7-8(3)9(4)13(12)16(19)20;5-3(6)1-4-2-10(7,8)9;1-4(2)3/h1,6-7H,5,8-10H2,2-3H3;7,10,14H,5-6H2,1-4H3;4H,1-2H2,(H,5,6)(H2,7,8,9);1-3H3/q;;;+1/p-1. The fraction of sp³-hybridized carbons (Fsp3) is 0.514. The zero-order valence-corrected chi connectivity index (χ0v) is 37.5. The summed E-state index contributed by atoms with van der Waals surface area (Å²) in [6.07, 6.45) is 13.6. The lowest BCUT2D eigenvalue weighted by Gasteiger charge is -2.28. The van der Waals surface area contributed by atoms with Gasteiger partial charge in [-0.2, -0.15) is 4.37 Å². The van der Waals surface area contributed by atoms with Gasteiger partial charge in [0.05, 0.1) is 53.7 Å². The predicted octanol–water partition coefficient (Wildman–Crippen LogP) is 4.64. The summed E-state index contributed by atoms with van der Waals surface area (Å²) in [6, 6.07) is 4.10. The number of carbonyl (C=O) groups is 2. The van der Waals surface area contributed by atoms with Crippen LogP contribution in [0.2, 0.25) is 0 Å². The molecule has 0 saturated carbocycles. The molecular formula is C37H52FN8O11PS2. The number of aliphatic carboxylic acids is 1. The minimum Gasteiger partial charge on any atom is -0.778 e. The van der Waals surface area contributed by atoms with Crippen LogP contribution in [0.15, 0.2) is 23.2 Å². The van der Waals surface area contributed by atoms with Crippen molar-refractivity contribution >= 4 is 70.3 Å². The summed E-state index contributed by atoms with van der Waals surface area (Å²) in [5, 5.41) is 35.4. The lowest BCUT2D eigenvalue weighted by atomic mass is 9.92. The number of nitrogens with zero attached hydrogens (tertiary/aromatic N) is 6. The predicted molar refractivity (Wildman–Crippen MR) is 229 cm³/mol. The second-order valence-corrected chi connectivity index (χ2v) is 19.5. The van der Waals surface area contributed by atoms with E-state index in [-0.39, 0.29) is 53.3 Å². The molecule has 0 spiro atoms. The Kier molecular flexibility index (Phi) is 19.3. The first-order valence-electron chi connectivity index (χ1n) is 18.3. The van der Waals surface area contributed by atoms with Crippen LogP contribution in [0.25, 0.3) is 0 Å². The normalized spacial score (nSPS) is 14.8. The van der Waals surface area contributed by atoms with Crippen molar-refractivity contribution in [1.82, 2.24) is 14.3 Å². The Hall–Kier alpha value is -4.91. The summed E-state index contributed by atoms with van der Waals surface area (Å²) < 4.78 is 36.3. The average molecular weight is 899 g/mol. The molecule has 0 saturated heterocycles. The lowest BCUT2D eigenvalue weighted by molar-refractivity contribution is -0.392. The summed E-state index contributed by atoms with van der Waals surface area (Å²) in [5.74, 6) is 1.75. The molecule has 2 aliphatic heterocycles. The van der Waals surface area contributed by atoms with Crippen LogP contribution in [0.4, 0.5) is 32.8 Å². The number of nitrogens with one attached hydrogen (secondary N) is 2. The fourth-order valence-corrected chi connectivity index (χ4v) is 6.79. The van der Waals surface area contributed by atoms with Crippen molar-refractivity contribution in [3.8, 4) is 18.1 Å². The molecule has 1 unspecified atom stereocenters. The molecule has 0 fully saturated rings. The maximum absolute atomic E-state index is 14.5. The molecule has 19 nitrogen and oxygen atoms in total. The summed E-state index contributed by atoms with van der Waals surface area (Å²) in [7, 11) is -3.71. The molecule has 1 aromatic heterocycles. The van der Waals surface area contributed by atoms with Gasteiger partial charge >= 0.3 is 11.7 Å². The number of fused-ring (bicyclic) bond motifs is 2. The number of hydrogen-bond acceptors (Lipinski definition) is 14. The Morgan fingerprint density at radius 3 is 2.33 bits per heavy atom. The quantitative estimate of drug-likeness (QED) is 0.0635. The van der Waals surface area contributed by atoms with Crippen LogP contribution in [-0.2, 0) is 38.0 Å². The average Bonchev–Trinajstić information content (AvgIpc) is 3.64. The van der Waals surface area contributed by atoms with Crippen molar-refractivity contribution in [3.05, 3.63) is 66.0 Å². The van der Waals surface area contributed by atoms with Gasteiger partial charge in [0.25, 0.3) is 11.6 Å². The lowest BCUT2D eigenvalue weighted by Crippen LogP contribution is -2.39. The highest BCUT2D eigenvalue weighted by Crippen LogP contribution is 2.40. The molecule has 0 aliphatic carbocycles. The number of carbonyl (C=O) groups excluding carboxylic acids is 1. The van der Waals surface area contributed by atoms with E-state index in [9.17, 15) is 43.7 Å². The number of ether oxygens (including phenoxy) is 1. The second kappa shape index (κ2) is 22.6. The van der Waals surface area contributed by atoms with Crippen molar-refractivity contribution < 1.29 is 48.0 Å². The number of rotatable bonds is 12. The SMILES string of the molecule is C#CCN1C(=O)COc2cc(F)c(N=c3snc4n3CC(C)(C)C4)cc21.CCC(CC)Nc1c([N+](=O)[O-])cc(C)c(C)c1[N+](=O)[O-].C[S+](C)C.O=C(O)CNCP(=O)([O-])O. The largest absolute Gasteiger partial charge is 0.778 e. The zero-order valence-electron chi connectivity index (χ0n) is 34.9. The van der Waals surface area contributed by atoms with Gasteiger partial charge in [-0.05, 0) is 54.6 Å². The van der Waals surface area contributed by atoms with E-state index in [2.05, 4.69) is 53.2 Å². The van der Waals surface area contributed by atoms with Gasteiger partial charge in [0.1, 0.15) is 24.9 Å². The first-order valence-corrected chi connectivity index (χ1v) is 23.3. The van der Waals surface area contributed by atoms with Crippen molar-refractivity contribution in [2.75, 3.05) is 55.0 Å². The molecule has 0 bridgehead atoms. The van der Waals surface area contributed by atoms with E-state index >= 15 is 0 Å². The molecular weight excluding hydrogens is 847 g/mol. The van der Waals surface area contributed by atoms with E-state index in [0.29, 0.717) is 38.3 Å². The summed E-state index contributed by atoms with van der Waals surface area (Å²) in [5.41, 5.74) is 1.23. The number of amides is 1. The minimum absolute atomic E-state index is 0.0109. The van der Waals surface area contributed by atoms with Gasteiger partial charge < -0.3 is 34.1 Å². The molecule has 60 heavy (non-hydrogen) atoms. The van der Waals surface area contributed by atoms with E-state index in [0.717, 1.165) is 31.6 Å². The summed E-state index contributed by atoms with van der Waals surface area (Å²) in [4.78, 5) is 67.6. The van der Waals surface area contributed by atoms with Gasteiger partial charge in [0, 0.05) is 48.2 Å². The van der Waals surface area contributed by atoms with Gasteiger partial charge in [0.15, 0.2) is 18.1 Å². The zero-order chi connectivity index (χ0) is 45.7. The van der Waals surface area contributed by atoms with Crippen LogP contribution < -0.4 is 30.0 Å². The molecule has 23 heteroatoms. The second-order valence-electron chi connectivity index (χ2n) is 14.7. The summed E-state index contributed by atoms with van der Waals surface area (Å²) in [6.45, 7) is 11.7. The third-order valence-electron chi connectivity index (χ3n) is 8.53. The molecule has 2 aliphatic rings. The summed E-state index contributed by atoms with van der Waals surface area (Å²) >= 11 is 1.24. The molecule has 3 aromatic rings. The maximum atomic E-state index is 14.5. The van der Waals surface area contributed by atoms with Crippen LogP contribution in [-0.4, -0.2) is 91.5 Å². The van der Waals surface area contributed by atoms with E-state index in [1.165, 1.54) is 34.6 Å². The number of aryl methyl sites for hydroxylation is 1. The van der Waals surface area contributed by atoms with E-state index in [1.807, 2.05) is 23.7 Å². The minimum atomic E-state index is -4.35. The van der Waals surface area contributed by atoms with Crippen LogP contribution >= 0.6 is 19.1 Å². The number of anilines is 2. The number of nitro groups is 2. The van der Waals surface area contributed by atoms with E-state index < -0.39 is 42.1 Å². The topological polar surface area (TPSA) is 268 Å². The van der Waals surface area contributed by atoms with Crippen molar-refractivity contribution in [2.45, 2.75) is 73.4 Å². The van der Waals surface area contributed by atoms with Gasteiger partial charge in [0.2, 0.25) is 4.80 Å². The molecule has 4 N–H and O–H groups in total. The fourth-order valence-electron chi connectivity index (χ4n) is 5.64. The number of hydrogen-bond donors (Lipinski definition) is 4. The van der Waals surface area contributed by atoms with Crippen LogP contribution in [0, 0.1) is 57.7 Å². The van der Waals surface area contributed by atoms with Crippen molar-refractivity contribution in [2.24, 2.45) is 10.4 Å². The van der Waals surface area contributed by atoms with Gasteiger partial charge in [-0.3, -0.25) is 40.0 Å². The number of halogens is 1. The Bertz CT molecular complexity index is 2200. The molecule has 1 atom stereocenters. The van der Waals surface area contributed by atoms with Gasteiger partial charge in [-0.25, -0.2) is 9.38 Å². The molecule has 330 valence electrons. The highest BCUT2D eigenvalue weighted by molar-refractivity contribution is 7.94. The van der Waals surface area contributed by atoms with Crippen molar-refractivity contribution in [3.63, 3.8) is 0 Å². The number of carboxylic acids is 1. The molecule has 0 radical (unpaired) electrons. The molecule has 3 heterocycles. The van der Waals surface area contributed by atoms with E-state index in [4.69, 9.17) is 21.2 Å². The highest BCUT2D eigenvalue weighted by Gasteiger charge is 2.32. The van der Waals surface area contributed by atoms with Gasteiger partial charge in [-0.15, -0.1) is 6.42 Å².